The van der Waals surface area contributed by atoms with Crippen molar-refractivity contribution in [2.24, 2.45) is 0 Å². The van der Waals surface area contributed by atoms with Crippen molar-refractivity contribution in [3.63, 3.8) is 0 Å². The monoisotopic (exact) mass is 381 g/mol. The first-order valence-corrected chi connectivity index (χ1v) is 11.7. The molecule has 1 atom stereocenters. The zero-order valence-electron chi connectivity index (χ0n) is 17.7. The van der Waals surface area contributed by atoms with E-state index in [1.807, 2.05) is 0 Å². The lowest BCUT2D eigenvalue weighted by Crippen LogP contribution is -2.34. The van der Waals surface area contributed by atoms with Crippen LogP contribution >= 0.6 is 0 Å². The van der Waals surface area contributed by atoms with E-state index in [4.69, 9.17) is 4.74 Å². The standard InChI is InChI=1S/C23H43NO3/c1-2-3-4-5-6-7-8-9-10-11-12-13-14-15-16-17-20-27-23(26)21-18-19-22(25)24-21/h21H,2-20H2,1H3,(H,24,25)/t21-/m0/s1. The zero-order valence-corrected chi connectivity index (χ0v) is 17.7. The molecule has 0 aromatic heterocycles. The van der Waals surface area contributed by atoms with Gasteiger partial charge >= 0.3 is 5.97 Å². The average molecular weight is 382 g/mol. The summed E-state index contributed by atoms with van der Waals surface area (Å²) >= 11 is 0. The van der Waals surface area contributed by atoms with Crippen molar-refractivity contribution in [1.29, 1.82) is 0 Å². The molecule has 1 aliphatic rings. The fourth-order valence-electron chi connectivity index (χ4n) is 3.71. The zero-order chi connectivity index (χ0) is 19.6. The molecule has 0 aliphatic carbocycles. The molecule has 0 aromatic carbocycles. The Labute approximate surface area is 167 Å². The first-order chi connectivity index (χ1) is 13.2. The first-order valence-electron chi connectivity index (χ1n) is 11.7. The summed E-state index contributed by atoms with van der Waals surface area (Å²) in [7, 11) is 0. The highest BCUT2D eigenvalue weighted by atomic mass is 16.5. The van der Waals surface area contributed by atoms with Crippen LogP contribution < -0.4 is 5.32 Å². The van der Waals surface area contributed by atoms with E-state index in [9.17, 15) is 9.59 Å². The quantitative estimate of drug-likeness (QED) is 0.231. The number of unbranched alkanes of at least 4 members (excludes halogenated alkanes) is 15. The molecule has 0 radical (unpaired) electrons. The SMILES string of the molecule is CCCCCCCCCCCCCCCCCCOC(=O)[C@@H]1CCC(=O)N1. The third-order valence-corrected chi connectivity index (χ3v) is 5.52. The lowest BCUT2D eigenvalue weighted by molar-refractivity contribution is -0.146. The van der Waals surface area contributed by atoms with Gasteiger partial charge in [0.2, 0.25) is 5.91 Å². The van der Waals surface area contributed by atoms with E-state index < -0.39 is 6.04 Å². The summed E-state index contributed by atoms with van der Waals surface area (Å²) in [5.41, 5.74) is 0. The number of nitrogens with one attached hydrogen (secondary N) is 1. The normalized spacial score (nSPS) is 16.5. The number of rotatable bonds is 18. The number of ether oxygens (including phenoxy) is 1. The van der Waals surface area contributed by atoms with Crippen molar-refractivity contribution in [3.05, 3.63) is 0 Å². The molecule has 1 saturated heterocycles. The van der Waals surface area contributed by atoms with E-state index in [0.29, 0.717) is 19.4 Å². The summed E-state index contributed by atoms with van der Waals surface area (Å²) in [5, 5.41) is 2.65. The van der Waals surface area contributed by atoms with Gasteiger partial charge in [-0.15, -0.1) is 0 Å². The Bertz CT molecular complexity index is 384. The Balaban J connectivity index is 1.72. The number of amides is 1. The number of hydrogen-bond acceptors (Lipinski definition) is 3. The van der Waals surface area contributed by atoms with Crippen molar-refractivity contribution in [1.82, 2.24) is 5.32 Å². The minimum absolute atomic E-state index is 0.0423. The van der Waals surface area contributed by atoms with Crippen molar-refractivity contribution >= 4 is 11.9 Å². The molecular weight excluding hydrogens is 338 g/mol. The van der Waals surface area contributed by atoms with E-state index in [2.05, 4.69) is 12.2 Å². The average Bonchev–Trinajstić information content (AvgIpc) is 3.10. The molecule has 4 nitrogen and oxygen atoms in total. The third kappa shape index (κ3) is 13.7. The third-order valence-electron chi connectivity index (χ3n) is 5.52. The summed E-state index contributed by atoms with van der Waals surface area (Å²) in [6, 6.07) is -0.404. The second kappa shape index (κ2) is 17.1. The molecule has 0 spiro atoms. The van der Waals surface area contributed by atoms with Gasteiger partial charge in [0.25, 0.3) is 0 Å². The molecule has 0 unspecified atom stereocenters. The number of carbonyl (C=O) groups is 2. The van der Waals surface area contributed by atoms with Crippen LogP contribution in [0.1, 0.15) is 122 Å². The molecule has 1 amide bonds. The van der Waals surface area contributed by atoms with Crippen LogP contribution in [0.2, 0.25) is 0 Å². The fourth-order valence-corrected chi connectivity index (χ4v) is 3.71. The van der Waals surface area contributed by atoms with Crippen molar-refractivity contribution in [3.8, 4) is 0 Å². The van der Waals surface area contributed by atoms with Crippen molar-refractivity contribution < 1.29 is 14.3 Å². The van der Waals surface area contributed by atoms with Gasteiger partial charge < -0.3 is 10.1 Å². The van der Waals surface area contributed by atoms with Gasteiger partial charge in [0.05, 0.1) is 6.61 Å². The van der Waals surface area contributed by atoms with Gasteiger partial charge in [0.1, 0.15) is 6.04 Å². The highest BCUT2D eigenvalue weighted by molar-refractivity contribution is 5.87. The van der Waals surface area contributed by atoms with Crippen LogP contribution in [-0.4, -0.2) is 24.5 Å². The summed E-state index contributed by atoms with van der Waals surface area (Å²) in [6.45, 7) is 2.76. The number of carbonyl (C=O) groups excluding carboxylic acids is 2. The van der Waals surface area contributed by atoms with Crippen LogP contribution in [0, 0.1) is 0 Å². The lowest BCUT2D eigenvalue weighted by Gasteiger charge is -2.09. The molecular formula is C23H43NO3. The highest BCUT2D eigenvalue weighted by Gasteiger charge is 2.28. The van der Waals surface area contributed by atoms with Crippen LogP contribution in [0.4, 0.5) is 0 Å². The molecule has 158 valence electrons. The van der Waals surface area contributed by atoms with Crippen molar-refractivity contribution in [2.45, 2.75) is 129 Å². The smallest absolute Gasteiger partial charge is 0.328 e. The summed E-state index contributed by atoms with van der Waals surface area (Å²) < 4.78 is 5.24. The van der Waals surface area contributed by atoms with E-state index in [1.165, 1.54) is 89.9 Å². The largest absolute Gasteiger partial charge is 0.464 e. The highest BCUT2D eigenvalue weighted by Crippen LogP contribution is 2.14. The maximum Gasteiger partial charge on any atom is 0.328 e. The molecule has 0 aromatic rings. The van der Waals surface area contributed by atoms with E-state index in [-0.39, 0.29) is 11.9 Å². The number of esters is 1. The Morgan fingerprint density at radius 2 is 1.26 bits per heavy atom. The second-order valence-corrected chi connectivity index (χ2v) is 8.13. The topological polar surface area (TPSA) is 55.4 Å². The van der Waals surface area contributed by atoms with Crippen LogP contribution in [0.25, 0.3) is 0 Å². The van der Waals surface area contributed by atoms with Gasteiger partial charge in [0.15, 0.2) is 0 Å². The Hall–Kier alpha value is -1.06. The van der Waals surface area contributed by atoms with Crippen LogP contribution in [0.15, 0.2) is 0 Å². The van der Waals surface area contributed by atoms with E-state index >= 15 is 0 Å². The molecule has 27 heavy (non-hydrogen) atoms. The molecule has 1 N–H and O–H groups in total. The minimum atomic E-state index is -0.404. The molecule has 1 rings (SSSR count). The molecule has 0 bridgehead atoms. The summed E-state index contributed by atoms with van der Waals surface area (Å²) in [4.78, 5) is 22.8. The minimum Gasteiger partial charge on any atom is -0.464 e. The van der Waals surface area contributed by atoms with Crippen LogP contribution in [0.5, 0.6) is 0 Å². The molecule has 0 saturated carbocycles. The van der Waals surface area contributed by atoms with Crippen LogP contribution in [-0.2, 0) is 14.3 Å². The van der Waals surface area contributed by atoms with E-state index in [1.54, 1.807) is 0 Å². The summed E-state index contributed by atoms with van der Waals surface area (Å²) in [5.74, 6) is -0.304. The Kier molecular flexibility index (Phi) is 15.2. The number of hydrogen-bond donors (Lipinski definition) is 1. The maximum absolute atomic E-state index is 11.7. The van der Waals surface area contributed by atoms with Gasteiger partial charge in [-0.05, 0) is 12.8 Å². The van der Waals surface area contributed by atoms with Crippen molar-refractivity contribution in [2.75, 3.05) is 6.61 Å². The van der Waals surface area contributed by atoms with Gasteiger partial charge in [-0.3, -0.25) is 4.79 Å². The van der Waals surface area contributed by atoms with Gasteiger partial charge in [-0.2, -0.15) is 0 Å². The Morgan fingerprint density at radius 1 is 0.815 bits per heavy atom. The maximum atomic E-state index is 11.7. The molecule has 1 aliphatic heterocycles. The molecule has 1 heterocycles. The lowest BCUT2D eigenvalue weighted by atomic mass is 10.0. The van der Waals surface area contributed by atoms with Gasteiger partial charge in [0, 0.05) is 6.42 Å². The molecule has 4 heteroatoms. The first kappa shape index (κ1) is 24.0. The summed E-state index contributed by atoms with van der Waals surface area (Å²) in [6.07, 6.45) is 22.4. The second-order valence-electron chi connectivity index (χ2n) is 8.13. The predicted molar refractivity (Wildman–Crippen MR) is 112 cm³/mol. The van der Waals surface area contributed by atoms with E-state index in [0.717, 1.165) is 12.8 Å². The predicted octanol–water partition coefficient (Wildman–Crippen LogP) is 6.07. The Morgan fingerprint density at radius 3 is 1.67 bits per heavy atom. The van der Waals surface area contributed by atoms with Gasteiger partial charge in [-0.1, -0.05) is 103 Å². The fraction of sp³-hybridized carbons (Fsp3) is 0.913. The molecule has 1 fully saturated rings. The van der Waals surface area contributed by atoms with Gasteiger partial charge in [-0.25, -0.2) is 4.79 Å². The van der Waals surface area contributed by atoms with Crippen LogP contribution in [0.3, 0.4) is 0 Å².